The van der Waals surface area contributed by atoms with Crippen molar-refractivity contribution in [3.05, 3.63) is 34.3 Å². The van der Waals surface area contributed by atoms with Gasteiger partial charge in [0.2, 0.25) is 0 Å². The van der Waals surface area contributed by atoms with Gasteiger partial charge in [0.05, 0.1) is 0 Å². The van der Waals surface area contributed by atoms with Gasteiger partial charge in [0.25, 0.3) is 0 Å². The second-order valence-electron chi connectivity index (χ2n) is 5.02. The molecule has 15 heavy (non-hydrogen) atoms. The van der Waals surface area contributed by atoms with E-state index in [1.54, 1.807) is 0 Å². The van der Waals surface area contributed by atoms with Gasteiger partial charge in [-0.3, -0.25) is 0 Å². The molecule has 1 aromatic rings. The molecule has 0 radical (unpaired) electrons. The summed E-state index contributed by atoms with van der Waals surface area (Å²) in [5, 5.41) is 0. The van der Waals surface area contributed by atoms with E-state index in [4.69, 9.17) is 5.73 Å². The zero-order valence-corrected chi connectivity index (χ0v) is 10.3. The van der Waals surface area contributed by atoms with E-state index in [0.717, 1.165) is 5.92 Å². The second kappa shape index (κ2) is 3.33. The molecule has 2 aliphatic carbocycles. The van der Waals surface area contributed by atoms with E-state index in [1.165, 1.54) is 35.7 Å². The van der Waals surface area contributed by atoms with Crippen molar-refractivity contribution < 1.29 is 0 Å². The number of halogens is 1. The Morgan fingerprint density at radius 1 is 1.27 bits per heavy atom. The van der Waals surface area contributed by atoms with Crippen molar-refractivity contribution in [1.82, 2.24) is 0 Å². The summed E-state index contributed by atoms with van der Waals surface area (Å²) in [5.74, 6) is 1.38. The monoisotopic (exact) mass is 265 g/mol. The van der Waals surface area contributed by atoms with E-state index < -0.39 is 0 Å². The third kappa shape index (κ3) is 1.46. The summed E-state index contributed by atoms with van der Waals surface area (Å²) in [7, 11) is 0. The summed E-state index contributed by atoms with van der Waals surface area (Å²) in [4.78, 5) is 0. The Hall–Kier alpha value is -0.340. The van der Waals surface area contributed by atoms with Gasteiger partial charge in [-0.1, -0.05) is 40.5 Å². The first-order valence-electron chi connectivity index (χ1n) is 5.75. The Labute approximate surface area is 99.2 Å². The van der Waals surface area contributed by atoms with E-state index in [2.05, 4.69) is 40.2 Å². The summed E-state index contributed by atoms with van der Waals surface area (Å²) < 4.78 is 1.22. The van der Waals surface area contributed by atoms with Gasteiger partial charge in [-0.2, -0.15) is 0 Å². The van der Waals surface area contributed by atoms with Crippen LogP contribution in [0, 0.1) is 5.92 Å². The molecule has 0 bridgehead atoms. The Morgan fingerprint density at radius 3 is 2.60 bits per heavy atom. The van der Waals surface area contributed by atoms with E-state index in [-0.39, 0.29) is 5.54 Å². The molecule has 3 rings (SSSR count). The van der Waals surface area contributed by atoms with Crippen LogP contribution in [0.1, 0.15) is 37.2 Å². The average molecular weight is 266 g/mol. The van der Waals surface area contributed by atoms with Crippen LogP contribution in [0.5, 0.6) is 0 Å². The third-order valence-corrected chi connectivity index (χ3v) is 4.91. The first-order chi connectivity index (χ1) is 7.22. The highest BCUT2D eigenvalue weighted by Gasteiger charge is 2.58. The molecule has 2 saturated carbocycles. The van der Waals surface area contributed by atoms with Crippen LogP contribution in [0.2, 0.25) is 0 Å². The van der Waals surface area contributed by atoms with Crippen LogP contribution in [0.3, 0.4) is 0 Å². The first-order valence-corrected chi connectivity index (χ1v) is 6.54. The van der Waals surface area contributed by atoms with Gasteiger partial charge in [0.15, 0.2) is 0 Å². The maximum Gasteiger partial charge on any atom is 0.0260 e. The zero-order valence-electron chi connectivity index (χ0n) is 8.75. The van der Waals surface area contributed by atoms with E-state index in [1.807, 2.05) is 0 Å². The van der Waals surface area contributed by atoms with E-state index >= 15 is 0 Å². The van der Waals surface area contributed by atoms with Gasteiger partial charge < -0.3 is 5.73 Å². The molecular formula is C13H16BrN. The van der Waals surface area contributed by atoms with Crippen molar-refractivity contribution in [1.29, 1.82) is 0 Å². The minimum atomic E-state index is 0.127. The number of benzene rings is 1. The fraction of sp³-hybridized carbons (Fsp3) is 0.538. The number of hydrogen-bond acceptors (Lipinski definition) is 1. The Morgan fingerprint density at radius 2 is 2.00 bits per heavy atom. The number of nitrogens with two attached hydrogens (primary N) is 1. The topological polar surface area (TPSA) is 26.0 Å². The molecule has 2 unspecified atom stereocenters. The molecule has 0 aliphatic heterocycles. The number of rotatable bonds is 2. The predicted molar refractivity (Wildman–Crippen MR) is 65.8 cm³/mol. The van der Waals surface area contributed by atoms with Crippen LogP contribution in [0.15, 0.2) is 28.7 Å². The fourth-order valence-electron chi connectivity index (χ4n) is 2.85. The smallest absolute Gasteiger partial charge is 0.0260 e. The Kier molecular flexibility index (Phi) is 2.18. The average Bonchev–Trinajstić information content (AvgIpc) is 2.75. The van der Waals surface area contributed by atoms with Crippen LogP contribution in [0.4, 0.5) is 0 Å². The van der Waals surface area contributed by atoms with Gasteiger partial charge >= 0.3 is 0 Å². The van der Waals surface area contributed by atoms with Gasteiger partial charge in [-0.25, -0.2) is 0 Å². The number of hydrogen-bond donors (Lipinski definition) is 1. The molecule has 0 aromatic heterocycles. The van der Waals surface area contributed by atoms with E-state index in [9.17, 15) is 0 Å². The molecule has 0 spiro atoms. The fourth-order valence-corrected chi connectivity index (χ4v) is 3.41. The Balaban J connectivity index is 1.84. The highest BCUT2D eigenvalue weighted by atomic mass is 79.9. The first kappa shape index (κ1) is 9.86. The van der Waals surface area contributed by atoms with Gasteiger partial charge in [0, 0.05) is 15.9 Å². The summed E-state index contributed by atoms with van der Waals surface area (Å²) in [5.41, 5.74) is 8.01. The molecule has 0 saturated heterocycles. The molecule has 2 N–H and O–H groups in total. The van der Waals surface area contributed by atoms with Crippen molar-refractivity contribution in [3.8, 4) is 0 Å². The molecule has 0 heterocycles. The maximum absolute atomic E-state index is 6.48. The van der Waals surface area contributed by atoms with Crippen molar-refractivity contribution in [2.75, 3.05) is 0 Å². The Bertz CT molecular complexity index is 386. The molecule has 1 aromatic carbocycles. The van der Waals surface area contributed by atoms with Crippen molar-refractivity contribution in [2.24, 2.45) is 11.7 Å². The molecule has 80 valence electrons. The normalized spacial score (nSPS) is 34.9. The summed E-state index contributed by atoms with van der Waals surface area (Å²) in [6.07, 6.45) is 5.25. The summed E-state index contributed by atoms with van der Waals surface area (Å²) >= 11 is 3.62. The molecule has 2 aliphatic rings. The molecule has 2 atom stereocenters. The van der Waals surface area contributed by atoms with Crippen molar-refractivity contribution >= 4 is 15.9 Å². The molecule has 1 nitrogen and oxygen atoms in total. The minimum absolute atomic E-state index is 0.127. The summed E-state index contributed by atoms with van der Waals surface area (Å²) in [6.45, 7) is 0. The highest BCUT2D eigenvalue weighted by Crippen LogP contribution is 2.59. The minimum Gasteiger partial charge on any atom is -0.324 e. The van der Waals surface area contributed by atoms with Crippen molar-refractivity contribution in [2.45, 2.75) is 37.1 Å². The molecular weight excluding hydrogens is 250 g/mol. The lowest BCUT2D eigenvalue weighted by atomic mass is 9.77. The second-order valence-corrected chi connectivity index (χ2v) is 5.87. The predicted octanol–water partition coefficient (Wildman–Crippen LogP) is 3.43. The lowest BCUT2D eigenvalue weighted by Crippen LogP contribution is -2.38. The molecule has 0 amide bonds. The van der Waals surface area contributed by atoms with Crippen LogP contribution in [-0.4, -0.2) is 5.54 Å². The standard InChI is InChI=1S/C13H16BrN/c14-12-7-2-1-6-10(12)11-8-13(11,15)9-4-3-5-9/h1-2,6-7,9,11H,3-5,8,15H2. The molecule has 2 heteroatoms. The highest BCUT2D eigenvalue weighted by molar-refractivity contribution is 9.10. The maximum atomic E-state index is 6.48. The van der Waals surface area contributed by atoms with Gasteiger partial charge in [-0.15, -0.1) is 0 Å². The third-order valence-electron chi connectivity index (χ3n) is 4.19. The van der Waals surface area contributed by atoms with Crippen LogP contribution in [0.25, 0.3) is 0 Å². The SMILES string of the molecule is NC1(C2CCC2)CC1c1ccccc1Br. The van der Waals surface area contributed by atoms with Crippen LogP contribution < -0.4 is 5.73 Å². The van der Waals surface area contributed by atoms with Crippen molar-refractivity contribution in [3.63, 3.8) is 0 Å². The van der Waals surface area contributed by atoms with Crippen LogP contribution in [-0.2, 0) is 0 Å². The van der Waals surface area contributed by atoms with E-state index in [0.29, 0.717) is 5.92 Å². The van der Waals surface area contributed by atoms with Crippen LogP contribution >= 0.6 is 15.9 Å². The summed E-state index contributed by atoms with van der Waals surface area (Å²) in [6, 6.07) is 8.51. The largest absolute Gasteiger partial charge is 0.324 e. The van der Waals surface area contributed by atoms with Gasteiger partial charge in [-0.05, 0) is 36.8 Å². The quantitative estimate of drug-likeness (QED) is 0.871. The lowest BCUT2D eigenvalue weighted by molar-refractivity contribution is 0.242. The molecule has 2 fully saturated rings. The lowest BCUT2D eigenvalue weighted by Gasteiger charge is -2.32. The van der Waals surface area contributed by atoms with Gasteiger partial charge in [0.1, 0.15) is 0 Å². The zero-order chi connectivity index (χ0) is 10.5.